The van der Waals surface area contributed by atoms with Gasteiger partial charge in [-0.25, -0.2) is 4.79 Å². The number of hydrogen-bond acceptors (Lipinski definition) is 6. The van der Waals surface area contributed by atoms with Crippen LogP contribution in [0.15, 0.2) is 64.8 Å². The summed E-state index contributed by atoms with van der Waals surface area (Å²) >= 11 is 0. The Kier molecular flexibility index (Phi) is 5.21. The van der Waals surface area contributed by atoms with Gasteiger partial charge in [-0.15, -0.1) is 0 Å². The lowest BCUT2D eigenvalue weighted by Gasteiger charge is -2.05. The van der Waals surface area contributed by atoms with Crippen LogP contribution in [0.5, 0.6) is 11.5 Å². The van der Waals surface area contributed by atoms with E-state index in [9.17, 15) is 4.79 Å². The predicted octanol–water partition coefficient (Wildman–Crippen LogP) is 3.63. The molecule has 0 radical (unpaired) electrons. The van der Waals surface area contributed by atoms with E-state index in [1.165, 1.54) is 7.11 Å². The number of ether oxygens (including phenoxy) is 2. The van der Waals surface area contributed by atoms with Crippen LogP contribution in [0, 0.1) is 11.3 Å². The summed E-state index contributed by atoms with van der Waals surface area (Å²) in [5, 5.41) is 16.3. The minimum atomic E-state index is -1.26. The summed E-state index contributed by atoms with van der Waals surface area (Å²) in [6, 6.07) is 16.6. The Hall–Kier alpha value is -3.20. The Morgan fingerprint density at radius 3 is 2.32 bits per heavy atom. The second-order valence-corrected chi connectivity index (χ2v) is 4.18. The van der Waals surface area contributed by atoms with Crippen LogP contribution >= 0.6 is 0 Å². The van der Waals surface area contributed by atoms with E-state index in [0.29, 0.717) is 11.4 Å². The lowest BCUT2D eigenvalue weighted by atomic mass is 10.3. The summed E-state index contributed by atoms with van der Waals surface area (Å²) < 4.78 is 10.1. The molecule has 110 valence electrons. The smallest absolute Gasteiger partial charge is 0.347 e. The quantitative estimate of drug-likeness (QED) is 0.622. The summed E-state index contributed by atoms with van der Waals surface area (Å²) in [6.07, 6.45) is 0. The highest BCUT2D eigenvalue weighted by atomic mass is 16.5. The van der Waals surface area contributed by atoms with E-state index >= 15 is 0 Å². The van der Waals surface area contributed by atoms with Crippen molar-refractivity contribution in [1.82, 2.24) is 0 Å². The molecule has 6 nitrogen and oxygen atoms in total. The monoisotopic (exact) mass is 295 g/mol. The molecular formula is C16H13N3O3. The average molecular weight is 295 g/mol. The molecule has 22 heavy (non-hydrogen) atoms. The molecule has 0 aliphatic heterocycles. The molecule has 0 amide bonds. The number of esters is 1. The number of hydrogen-bond donors (Lipinski definition) is 0. The van der Waals surface area contributed by atoms with E-state index in [2.05, 4.69) is 15.0 Å². The molecule has 1 atom stereocenters. The van der Waals surface area contributed by atoms with Gasteiger partial charge < -0.3 is 9.47 Å². The first-order valence-corrected chi connectivity index (χ1v) is 6.44. The first kappa shape index (κ1) is 15.2. The molecule has 0 fully saturated rings. The van der Waals surface area contributed by atoms with Crippen molar-refractivity contribution in [2.24, 2.45) is 10.2 Å². The molecule has 0 N–H and O–H groups in total. The van der Waals surface area contributed by atoms with Crippen LogP contribution in [-0.4, -0.2) is 19.1 Å². The fraction of sp³-hybridized carbons (Fsp3) is 0.125. The molecule has 0 aromatic heterocycles. The van der Waals surface area contributed by atoms with Crippen molar-refractivity contribution in [3.8, 4) is 17.6 Å². The van der Waals surface area contributed by atoms with Crippen molar-refractivity contribution in [3.05, 3.63) is 54.6 Å². The van der Waals surface area contributed by atoms with Gasteiger partial charge in [0.1, 0.15) is 17.6 Å². The Morgan fingerprint density at radius 2 is 1.73 bits per heavy atom. The van der Waals surface area contributed by atoms with Gasteiger partial charge in [0.15, 0.2) is 0 Å². The summed E-state index contributed by atoms with van der Waals surface area (Å²) in [5.74, 6) is 0.636. The average Bonchev–Trinajstić information content (AvgIpc) is 2.57. The lowest BCUT2D eigenvalue weighted by molar-refractivity contribution is -0.140. The Morgan fingerprint density at radius 1 is 1.09 bits per heavy atom. The van der Waals surface area contributed by atoms with Crippen molar-refractivity contribution < 1.29 is 14.3 Å². The van der Waals surface area contributed by atoms with E-state index < -0.39 is 12.0 Å². The molecule has 2 aromatic rings. The van der Waals surface area contributed by atoms with Crippen LogP contribution in [-0.2, 0) is 9.53 Å². The molecule has 0 aliphatic rings. The highest BCUT2D eigenvalue weighted by molar-refractivity contribution is 5.78. The maximum Gasteiger partial charge on any atom is 0.347 e. The van der Waals surface area contributed by atoms with E-state index in [1.807, 2.05) is 30.3 Å². The molecule has 0 spiro atoms. The van der Waals surface area contributed by atoms with E-state index in [-0.39, 0.29) is 0 Å². The number of azo groups is 1. The first-order chi connectivity index (χ1) is 10.7. The van der Waals surface area contributed by atoms with E-state index in [1.54, 1.807) is 30.3 Å². The summed E-state index contributed by atoms with van der Waals surface area (Å²) in [7, 11) is 1.19. The maximum absolute atomic E-state index is 11.2. The number of nitriles is 1. The fourth-order valence-electron chi connectivity index (χ4n) is 1.57. The van der Waals surface area contributed by atoms with Gasteiger partial charge in [-0.3, -0.25) is 0 Å². The third-order valence-electron chi connectivity index (χ3n) is 2.65. The third-order valence-corrected chi connectivity index (χ3v) is 2.65. The van der Waals surface area contributed by atoms with Crippen LogP contribution in [0.25, 0.3) is 0 Å². The minimum absolute atomic E-state index is 0.504. The van der Waals surface area contributed by atoms with Crippen LogP contribution in [0.3, 0.4) is 0 Å². The minimum Gasteiger partial charge on any atom is -0.467 e. The zero-order valence-electron chi connectivity index (χ0n) is 11.8. The van der Waals surface area contributed by atoms with Gasteiger partial charge in [-0.2, -0.15) is 15.5 Å². The van der Waals surface area contributed by atoms with Crippen LogP contribution < -0.4 is 4.74 Å². The molecule has 1 unspecified atom stereocenters. The zero-order chi connectivity index (χ0) is 15.8. The molecular weight excluding hydrogens is 282 g/mol. The number of carbonyl (C=O) groups is 1. The van der Waals surface area contributed by atoms with E-state index in [0.717, 1.165) is 5.75 Å². The zero-order valence-corrected chi connectivity index (χ0v) is 11.8. The van der Waals surface area contributed by atoms with Crippen molar-refractivity contribution in [2.45, 2.75) is 6.04 Å². The SMILES string of the molecule is COC(=O)C(C#N)N=Nc1ccc(Oc2ccccc2)cc1. The van der Waals surface area contributed by atoms with Crippen LogP contribution in [0.4, 0.5) is 5.69 Å². The maximum atomic E-state index is 11.2. The highest BCUT2D eigenvalue weighted by Gasteiger charge is 2.16. The number of methoxy groups -OCH3 is 1. The predicted molar refractivity (Wildman–Crippen MR) is 78.9 cm³/mol. The Bertz CT molecular complexity index is 691. The second-order valence-electron chi connectivity index (χ2n) is 4.18. The molecule has 0 aliphatic carbocycles. The van der Waals surface area contributed by atoms with Gasteiger partial charge >= 0.3 is 5.97 Å². The van der Waals surface area contributed by atoms with Gasteiger partial charge in [0.2, 0.25) is 0 Å². The Balaban J connectivity index is 2.03. The number of carbonyl (C=O) groups excluding carboxylic acids is 1. The van der Waals surface area contributed by atoms with Gasteiger partial charge in [-0.05, 0) is 36.4 Å². The first-order valence-electron chi connectivity index (χ1n) is 6.44. The van der Waals surface area contributed by atoms with E-state index in [4.69, 9.17) is 10.00 Å². The van der Waals surface area contributed by atoms with Crippen LogP contribution in [0.1, 0.15) is 0 Å². The molecule has 2 aromatic carbocycles. The summed E-state index contributed by atoms with van der Waals surface area (Å²) in [4.78, 5) is 11.2. The number of para-hydroxylation sites is 1. The molecule has 0 saturated heterocycles. The standard InChI is InChI=1S/C16H13N3O3/c1-21-16(20)15(11-17)19-18-12-7-9-14(10-8-12)22-13-5-3-2-4-6-13/h2-10,15H,1H3. The van der Waals surface area contributed by atoms with Crippen LogP contribution in [0.2, 0.25) is 0 Å². The van der Waals surface area contributed by atoms with Crippen molar-refractivity contribution >= 4 is 11.7 Å². The van der Waals surface area contributed by atoms with Crippen molar-refractivity contribution in [3.63, 3.8) is 0 Å². The van der Waals surface area contributed by atoms with Crippen molar-refractivity contribution in [2.75, 3.05) is 7.11 Å². The summed E-state index contributed by atoms with van der Waals surface area (Å²) in [6.45, 7) is 0. The second kappa shape index (κ2) is 7.55. The topological polar surface area (TPSA) is 84.0 Å². The van der Waals surface area contributed by atoms with Gasteiger partial charge in [0.05, 0.1) is 12.8 Å². The largest absolute Gasteiger partial charge is 0.467 e. The molecule has 2 rings (SSSR count). The number of nitrogens with zero attached hydrogens (tertiary/aromatic N) is 3. The van der Waals surface area contributed by atoms with Gasteiger partial charge in [-0.1, -0.05) is 18.2 Å². The Labute approximate surface area is 127 Å². The number of rotatable bonds is 5. The normalized spacial score (nSPS) is 11.6. The molecule has 6 heteroatoms. The van der Waals surface area contributed by atoms with Gasteiger partial charge in [0, 0.05) is 0 Å². The number of benzene rings is 2. The molecule has 0 heterocycles. The third kappa shape index (κ3) is 4.15. The van der Waals surface area contributed by atoms with Crippen molar-refractivity contribution in [1.29, 1.82) is 5.26 Å². The molecule has 0 bridgehead atoms. The molecule has 0 saturated carbocycles. The van der Waals surface area contributed by atoms with Gasteiger partial charge in [0.25, 0.3) is 6.04 Å². The highest BCUT2D eigenvalue weighted by Crippen LogP contribution is 2.24. The fourth-order valence-corrected chi connectivity index (χ4v) is 1.57. The lowest BCUT2D eigenvalue weighted by Crippen LogP contribution is -2.17. The summed E-state index contributed by atoms with van der Waals surface area (Å²) in [5.41, 5.74) is 0.504.